The van der Waals surface area contributed by atoms with Crippen molar-refractivity contribution in [3.8, 4) is 5.75 Å². The highest BCUT2D eigenvalue weighted by Gasteiger charge is 2.10. The number of hydrogen-bond donors (Lipinski definition) is 1. The zero-order valence-electron chi connectivity index (χ0n) is 10.9. The Bertz CT molecular complexity index is 352. The predicted molar refractivity (Wildman–Crippen MR) is 76.4 cm³/mol. The average molecular weight is 300 g/mol. The molecule has 2 N–H and O–H groups in total. The van der Waals surface area contributed by atoms with E-state index < -0.39 is 0 Å². The van der Waals surface area contributed by atoms with Crippen LogP contribution in [0.4, 0.5) is 0 Å². The van der Waals surface area contributed by atoms with E-state index in [0.29, 0.717) is 12.5 Å². The summed E-state index contributed by atoms with van der Waals surface area (Å²) in [7, 11) is 0. The summed E-state index contributed by atoms with van der Waals surface area (Å²) in [6, 6.07) is 6.12. The molecule has 0 aliphatic rings. The van der Waals surface area contributed by atoms with Crippen molar-refractivity contribution in [1.29, 1.82) is 0 Å². The monoisotopic (exact) mass is 299 g/mol. The van der Waals surface area contributed by atoms with Crippen LogP contribution in [0.5, 0.6) is 5.75 Å². The second-order valence-electron chi connectivity index (χ2n) is 4.85. The third-order valence-corrected chi connectivity index (χ3v) is 3.06. The van der Waals surface area contributed by atoms with E-state index in [0.717, 1.165) is 23.1 Å². The maximum atomic E-state index is 5.99. The molecule has 0 saturated carbocycles. The van der Waals surface area contributed by atoms with E-state index in [2.05, 4.69) is 42.8 Å². The second kappa shape index (κ2) is 7.02. The lowest BCUT2D eigenvalue weighted by Gasteiger charge is -2.19. The molecule has 96 valence electrons. The van der Waals surface area contributed by atoms with E-state index in [1.807, 2.05) is 12.1 Å². The van der Waals surface area contributed by atoms with Crippen LogP contribution in [0.1, 0.15) is 32.8 Å². The van der Waals surface area contributed by atoms with Gasteiger partial charge in [0.15, 0.2) is 0 Å². The summed E-state index contributed by atoms with van der Waals surface area (Å²) in [5.41, 5.74) is 6.80. The van der Waals surface area contributed by atoms with Crippen molar-refractivity contribution in [2.75, 3.05) is 6.54 Å². The van der Waals surface area contributed by atoms with Crippen molar-refractivity contribution in [1.82, 2.24) is 0 Å². The molecule has 3 heteroatoms. The minimum Gasteiger partial charge on any atom is -0.490 e. The summed E-state index contributed by atoms with van der Waals surface area (Å²) in [4.78, 5) is 0. The fourth-order valence-electron chi connectivity index (χ4n) is 1.94. The predicted octanol–water partition coefficient (Wildman–Crippen LogP) is 3.76. The SMILES string of the molecule is CC(C)CC(C)Oc1ccc(Br)cc1CCN. The molecule has 0 radical (unpaired) electrons. The highest BCUT2D eigenvalue weighted by Crippen LogP contribution is 2.25. The van der Waals surface area contributed by atoms with Gasteiger partial charge < -0.3 is 10.5 Å². The number of ether oxygens (including phenoxy) is 1. The quantitative estimate of drug-likeness (QED) is 0.868. The number of rotatable bonds is 6. The Hall–Kier alpha value is -0.540. The van der Waals surface area contributed by atoms with E-state index in [9.17, 15) is 0 Å². The Balaban J connectivity index is 2.75. The normalized spacial score (nSPS) is 12.8. The van der Waals surface area contributed by atoms with Crippen molar-refractivity contribution < 1.29 is 4.74 Å². The van der Waals surface area contributed by atoms with Gasteiger partial charge in [-0.15, -0.1) is 0 Å². The van der Waals surface area contributed by atoms with Crippen LogP contribution in [0.15, 0.2) is 22.7 Å². The lowest BCUT2D eigenvalue weighted by atomic mass is 10.1. The van der Waals surface area contributed by atoms with Crippen molar-refractivity contribution in [3.05, 3.63) is 28.2 Å². The maximum Gasteiger partial charge on any atom is 0.123 e. The summed E-state index contributed by atoms with van der Waals surface area (Å²) < 4.78 is 7.06. The first-order chi connectivity index (χ1) is 8.02. The first-order valence-electron chi connectivity index (χ1n) is 6.18. The van der Waals surface area contributed by atoms with Gasteiger partial charge in [0, 0.05) is 4.47 Å². The summed E-state index contributed by atoms with van der Waals surface area (Å²) >= 11 is 3.48. The molecule has 1 rings (SSSR count). The molecule has 0 saturated heterocycles. The van der Waals surface area contributed by atoms with E-state index in [1.54, 1.807) is 0 Å². The standard InChI is InChI=1S/C14H22BrNO/c1-10(2)8-11(3)17-14-5-4-13(15)9-12(14)6-7-16/h4-5,9-11H,6-8,16H2,1-3H3. The van der Waals surface area contributed by atoms with Gasteiger partial charge in [-0.3, -0.25) is 0 Å². The lowest BCUT2D eigenvalue weighted by molar-refractivity contribution is 0.191. The second-order valence-corrected chi connectivity index (χ2v) is 5.76. The van der Waals surface area contributed by atoms with Gasteiger partial charge >= 0.3 is 0 Å². The van der Waals surface area contributed by atoms with Crippen molar-refractivity contribution in [3.63, 3.8) is 0 Å². The number of benzene rings is 1. The lowest BCUT2D eigenvalue weighted by Crippen LogP contribution is -2.16. The molecule has 1 aromatic carbocycles. The summed E-state index contributed by atoms with van der Waals surface area (Å²) in [6.07, 6.45) is 2.16. The van der Waals surface area contributed by atoms with Gasteiger partial charge in [-0.25, -0.2) is 0 Å². The molecular weight excluding hydrogens is 278 g/mol. The van der Waals surface area contributed by atoms with E-state index in [-0.39, 0.29) is 6.10 Å². The van der Waals surface area contributed by atoms with Gasteiger partial charge in [-0.1, -0.05) is 29.8 Å². The molecule has 0 aliphatic heterocycles. The van der Waals surface area contributed by atoms with Gasteiger partial charge in [0.05, 0.1) is 6.10 Å². The van der Waals surface area contributed by atoms with Crippen LogP contribution in [0, 0.1) is 5.92 Å². The highest BCUT2D eigenvalue weighted by molar-refractivity contribution is 9.10. The molecule has 0 heterocycles. The minimum atomic E-state index is 0.243. The molecule has 1 unspecified atom stereocenters. The van der Waals surface area contributed by atoms with Gasteiger partial charge in [0.1, 0.15) is 5.75 Å². The molecule has 0 amide bonds. The van der Waals surface area contributed by atoms with Crippen molar-refractivity contribution in [2.45, 2.75) is 39.7 Å². The average Bonchev–Trinajstić information content (AvgIpc) is 2.21. The van der Waals surface area contributed by atoms with Crippen LogP contribution in [-0.4, -0.2) is 12.6 Å². The Morgan fingerprint density at radius 2 is 2.00 bits per heavy atom. The fraction of sp³-hybridized carbons (Fsp3) is 0.571. The Morgan fingerprint density at radius 3 is 2.59 bits per heavy atom. The van der Waals surface area contributed by atoms with E-state index in [4.69, 9.17) is 10.5 Å². The van der Waals surface area contributed by atoms with Crippen LogP contribution >= 0.6 is 15.9 Å². The minimum absolute atomic E-state index is 0.243. The third-order valence-electron chi connectivity index (χ3n) is 2.57. The molecule has 0 spiro atoms. The summed E-state index contributed by atoms with van der Waals surface area (Å²) in [6.45, 7) is 7.18. The number of halogens is 1. The van der Waals surface area contributed by atoms with Crippen LogP contribution < -0.4 is 10.5 Å². The zero-order chi connectivity index (χ0) is 12.8. The molecule has 1 aromatic rings. The van der Waals surface area contributed by atoms with Crippen LogP contribution in [0.3, 0.4) is 0 Å². The summed E-state index contributed by atoms with van der Waals surface area (Å²) in [5, 5.41) is 0. The first-order valence-corrected chi connectivity index (χ1v) is 6.97. The van der Waals surface area contributed by atoms with Crippen molar-refractivity contribution in [2.24, 2.45) is 11.7 Å². The Labute approximate surface area is 113 Å². The van der Waals surface area contributed by atoms with E-state index >= 15 is 0 Å². The third kappa shape index (κ3) is 5.09. The summed E-state index contributed by atoms with van der Waals surface area (Å²) in [5.74, 6) is 1.62. The Kier molecular flexibility index (Phi) is 6.00. The Morgan fingerprint density at radius 1 is 1.29 bits per heavy atom. The molecule has 0 fully saturated rings. The van der Waals surface area contributed by atoms with Crippen LogP contribution in [-0.2, 0) is 6.42 Å². The highest BCUT2D eigenvalue weighted by atomic mass is 79.9. The molecule has 1 atom stereocenters. The molecule has 0 aliphatic carbocycles. The molecule has 0 aromatic heterocycles. The molecule has 17 heavy (non-hydrogen) atoms. The smallest absolute Gasteiger partial charge is 0.123 e. The molecular formula is C14H22BrNO. The van der Waals surface area contributed by atoms with Crippen LogP contribution in [0.25, 0.3) is 0 Å². The van der Waals surface area contributed by atoms with Crippen LogP contribution in [0.2, 0.25) is 0 Å². The topological polar surface area (TPSA) is 35.2 Å². The molecule has 0 bridgehead atoms. The van der Waals surface area contributed by atoms with Gasteiger partial charge in [0.2, 0.25) is 0 Å². The van der Waals surface area contributed by atoms with Gasteiger partial charge in [-0.2, -0.15) is 0 Å². The molecule has 2 nitrogen and oxygen atoms in total. The van der Waals surface area contributed by atoms with Crippen molar-refractivity contribution >= 4 is 15.9 Å². The number of nitrogens with two attached hydrogens (primary N) is 1. The first kappa shape index (κ1) is 14.5. The largest absolute Gasteiger partial charge is 0.490 e. The van der Waals surface area contributed by atoms with Gasteiger partial charge in [-0.05, 0) is 56.0 Å². The van der Waals surface area contributed by atoms with E-state index in [1.165, 1.54) is 5.56 Å². The fourth-order valence-corrected chi connectivity index (χ4v) is 2.35. The maximum absolute atomic E-state index is 5.99. The zero-order valence-corrected chi connectivity index (χ0v) is 12.5. The van der Waals surface area contributed by atoms with Gasteiger partial charge in [0.25, 0.3) is 0 Å². The number of hydrogen-bond acceptors (Lipinski definition) is 2.